The highest BCUT2D eigenvalue weighted by molar-refractivity contribution is 5.95. The molecule has 0 atom stereocenters. The summed E-state index contributed by atoms with van der Waals surface area (Å²) in [4.78, 5) is 18.0. The van der Waals surface area contributed by atoms with Crippen molar-refractivity contribution in [2.24, 2.45) is 0 Å². The Kier molecular flexibility index (Phi) is 4.71. The zero-order valence-corrected chi connectivity index (χ0v) is 11.7. The van der Waals surface area contributed by atoms with Crippen molar-refractivity contribution in [1.29, 1.82) is 0 Å². The molecule has 0 spiro atoms. The van der Waals surface area contributed by atoms with Gasteiger partial charge in [0.15, 0.2) is 0 Å². The lowest BCUT2D eigenvalue weighted by atomic mass is 10.2. The Morgan fingerprint density at radius 3 is 2.75 bits per heavy atom. The number of ether oxygens (including phenoxy) is 1. The van der Waals surface area contributed by atoms with Crippen LogP contribution in [0.4, 0.5) is 5.69 Å². The van der Waals surface area contributed by atoms with Gasteiger partial charge in [0.1, 0.15) is 5.75 Å². The van der Waals surface area contributed by atoms with Crippen molar-refractivity contribution in [1.82, 2.24) is 4.98 Å². The maximum atomic E-state index is 12.3. The van der Waals surface area contributed by atoms with E-state index in [1.807, 2.05) is 43.3 Å². The van der Waals surface area contributed by atoms with Gasteiger partial charge in [0.2, 0.25) is 5.91 Å². The number of likely N-dealkylation sites (N-methyl/N-ethyl adjacent to an activating group) is 1. The van der Waals surface area contributed by atoms with E-state index in [0.717, 1.165) is 17.0 Å². The first-order chi connectivity index (χ1) is 9.72. The lowest BCUT2D eigenvalue weighted by Crippen LogP contribution is -2.28. The second kappa shape index (κ2) is 6.70. The van der Waals surface area contributed by atoms with E-state index in [2.05, 4.69) is 4.98 Å². The number of rotatable bonds is 5. The van der Waals surface area contributed by atoms with Crippen LogP contribution in [0.2, 0.25) is 0 Å². The molecule has 1 aromatic heterocycles. The maximum Gasteiger partial charge on any atom is 0.231 e. The molecular weight excluding hydrogens is 252 g/mol. The first kappa shape index (κ1) is 14.1. The van der Waals surface area contributed by atoms with Crippen molar-refractivity contribution < 1.29 is 9.53 Å². The highest BCUT2D eigenvalue weighted by Gasteiger charge is 2.15. The molecule has 4 nitrogen and oxygen atoms in total. The normalized spacial score (nSPS) is 10.1. The Hall–Kier alpha value is -2.36. The number of benzene rings is 1. The smallest absolute Gasteiger partial charge is 0.231 e. The quantitative estimate of drug-likeness (QED) is 0.839. The first-order valence-electron chi connectivity index (χ1n) is 6.59. The predicted molar refractivity (Wildman–Crippen MR) is 79.0 cm³/mol. The van der Waals surface area contributed by atoms with Crippen molar-refractivity contribution in [3.8, 4) is 5.75 Å². The van der Waals surface area contributed by atoms with Gasteiger partial charge in [-0.2, -0.15) is 0 Å². The first-order valence-corrected chi connectivity index (χ1v) is 6.59. The molecule has 0 bridgehead atoms. The number of aromatic nitrogens is 1. The Bertz CT molecular complexity index is 570. The third-order valence-corrected chi connectivity index (χ3v) is 2.98. The maximum absolute atomic E-state index is 12.3. The standard InChI is InChI=1S/C16H18N2O2/c1-3-20-15-9-5-4-8-14(15)18(2)16(19)11-13-7-6-10-17-12-13/h4-10,12H,3,11H2,1-2H3. The fourth-order valence-electron chi connectivity index (χ4n) is 1.94. The average molecular weight is 270 g/mol. The molecule has 0 unspecified atom stereocenters. The number of pyridine rings is 1. The van der Waals surface area contributed by atoms with Gasteiger partial charge in [0.25, 0.3) is 0 Å². The SMILES string of the molecule is CCOc1ccccc1N(C)C(=O)Cc1cccnc1. The zero-order chi connectivity index (χ0) is 14.4. The molecule has 0 saturated carbocycles. The summed E-state index contributed by atoms with van der Waals surface area (Å²) in [5, 5.41) is 0. The molecule has 0 aliphatic heterocycles. The van der Waals surface area contributed by atoms with Crippen LogP contribution in [0.3, 0.4) is 0 Å². The molecule has 0 aliphatic rings. The third-order valence-electron chi connectivity index (χ3n) is 2.98. The van der Waals surface area contributed by atoms with Gasteiger partial charge in [-0.25, -0.2) is 0 Å². The van der Waals surface area contributed by atoms with Crippen LogP contribution in [0.15, 0.2) is 48.8 Å². The minimum absolute atomic E-state index is 0.00477. The molecule has 0 radical (unpaired) electrons. The van der Waals surface area contributed by atoms with Crippen molar-refractivity contribution in [2.75, 3.05) is 18.6 Å². The largest absolute Gasteiger partial charge is 0.492 e. The molecule has 1 amide bonds. The van der Waals surface area contributed by atoms with E-state index in [9.17, 15) is 4.79 Å². The summed E-state index contributed by atoms with van der Waals surface area (Å²) in [6, 6.07) is 11.3. The summed E-state index contributed by atoms with van der Waals surface area (Å²) in [7, 11) is 1.76. The van der Waals surface area contributed by atoms with Crippen LogP contribution in [0.25, 0.3) is 0 Å². The van der Waals surface area contributed by atoms with Gasteiger partial charge in [-0.1, -0.05) is 18.2 Å². The minimum atomic E-state index is 0.00477. The van der Waals surface area contributed by atoms with Crippen LogP contribution in [0, 0.1) is 0 Å². The monoisotopic (exact) mass is 270 g/mol. The summed E-state index contributed by atoms with van der Waals surface area (Å²) < 4.78 is 5.55. The van der Waals surface area contributed by atoms with Crippen LogP contribution >= 0.6 is 0 Å². The fraction of sp³-hybridized carbons (Fsp3) is 0.250. The second-order valence-electron chi connectivity index (χ2n) is 4.39. The van der Waals surface area contributed by atoms with Gasteiger partial charge in [0, 0.05) is 19.4 Å². The number of anilines is 1. The molecule has 0 N–H and O–H groups in total. The van der Waals surface area contributed by atoms with E-state index in [0.29, 0.717) is 13.0 Å². The average Bonchev–Trinajstić information content (AvgIpc) is 2.48. The summed E-state index contributed by atoms with van der Waals surface area (Å²) in [6.45, 7) is 2.50. The molecule has 0 saturated heterocycles. The second-order valence-corrected chi connectivity index (χ2v) is 4.39. The van der Waals surface area contributed by atoms with Crippen LogP contribution in [0.5, 0.6) is 5.75 Å². The van der Waals surface area contributed by atoms with E-state index >= 15 is 0 Å². The van der Waals surface area contributed by atoms with Gasteiger partial charge in [-0.3, -0.25) is 9.78 Å². The van der Waals surface area contributed by atoms with Crippen LogP contribution < -0.4 is 9.64 Å². The van der Waals surface area contributed by atoms with Gasteiger partial charge < -0.3 is 9.64 Å². The molecular formula is C16H18N2O2. The number of carbonyl (C=O) groups excluding carboxylic acids is 1. The molecule has 1 aromatic carbocycles. The van der Waals surface area contributed by atoms with Crippen molar-refractivity contribution >= 4 is 11.6 Å². The number of para-hydroxylation sites is 2. The van der Waals surface area contributed by atoms with Gasteiger partial charge >= 0.3 is 0 Å². The summed E-state index contributed by atoms with van der Waals surface area (Å²) in [5.41, 5.74) is 1.68. The van der Waals surface area contributed by atoms with Crippen LogP contribution in [0.1, 0.15) is 12.5 Å². The van der Waals surface area contributed by atoms with Crippen LogP contribution in [-0.2, 0) is 11.2 Å². The Morgan fingerprint density at radius 1 is 1.25 bits per heavy atom. The Morgan fingerprint density at radius 2 is 2.05 bits per heavy atom. The van der Waals surface area contributed by atoms with Crippen molar-refractivity contribution in [3.63, 3.8) is 0 Å². The Balaban J connectivity index is 2.14. The predicted octanol–water partition coefficient (Wildman–Crippen LogP) is 2.69. The Labute approximate surface area is 119 Å². The molecule has 2 aromatic rings. The highest BCUT2D eigenvalue weighted by Crippen LogP contribution is 2.27. The van der Waals surface area contributed by atoms with E-state index in [-0.39, 0.29) is 5.91 Å². The molecule has 0 aliphatic carbocycles. The number of carbonyl (C=O) groups is 1. The van der Waals surface area contributed by atoms with Gasteiger partial charge in [-0.05, 0) is 30.7 Å². The number of hydrogen-bond donors (Lipinski definition) is 0. The lowest BCUT2D eigenvalue weighted by molar-refractivity contribution is -0.117. The zero-order valence-electron chi connectivity index (χ0n) is 11.7. The van der Waals surface area contributed by atoms with E-state index in [1.165, 1.54) is 0 Å². The number of amides is 1. The topological polar surface area (TPSA) is 42.4 Å². The minimum Gasteiger partial charge on any atom is -0.492 e. The highest BCUT2D eigenvalue weighted by atomic mass is 16.5. The number of hydrogen-bond acceptors (Lipinski definition) is 3. The van der Waals surface area contributed by atoms with E-state index in [4.69, 9.17) is 4.74 Å². The van der Waals surface area contributed by atoms with E-state index < -0.39 is 0 Å². The summed E-state index contributed by atoms with van der Waals surface area (Å²) in [5.74, 6) is 0.724. The fourth-order valence-corrected chi connectivity index (χ4v) is 1.94. The molecule has 20 heavy (non-hydrogen) atoms. The summed E-state index contributed by atoms with van der Waals surface area (Å²) >= 11 is 0. The molecule has 4 heteroatoms. The molecule has 1 heterocycles. The van der Waals surface area contributed by atoms with Crippen molar-refractivity contribution in [2.45, 2.75) is 13.3 Å². The molecule has 104 valence electrons. The van der Waals surface area contributed by atoms with E-state index in [1.54, 1.807) is 24.3 Å². The molecule has 2 rings (SSSR count). The van der Waals surface area contributed by atoms with Crippen molar-refractivity contribution in [3.05, 3.63) is 54.4 Å². The van der Waals surface area contributed by atoms with Gasteiger partial charge in [0.05, 0.1) is 18.7 Å². The number of nitrogens with zero attached hydrogens (tertiary/aromatic N) is 2. The lowest BCUT2D eigenvalue weighted by Gasteiger charge is -2.20. The van der Waals surface area contributed by atoms with Crippen LogP contribution in [-0.4, -0.2) is 24.5 Å². The molecule has 0 fully saturated rings. The van der Waals surface area contributed by atoms with Gasteiger partial charge in [-0.15, -0.1) is 0 Å². The summed E-state index contributed by atoms with van der Waals surface area (Å²) in [6.07, 6.45) is 3.73. The third kappa shape index (κ3) is 3.35.